The third-order valence-corrected chi connectivity index (χ3v) is 11.4. The number of rotatable bonds is 12. The van der Waals surface area contributed by atoms with Gasteiger partial charge in [-0.2, -0.15) is 0 Å². The summed E-state index contributed by atoms with van der Waals surface area (Å²) in [5, 5.41) is 6.98. The van der Waals surface area contributed by atoms with E-state index in [2.05, 4.69) is 43.5 Å². The van der Waals surface area contributed by atoms with E-state index in [1.54, 1.807) is 12.1 Å². The van der Waals surface area contributed by atoms with Crippen LogP contribution >= 0.6 is 23.2 Å². The molecule has 2 heterocycles. The molecule has 2 bridgehead atoms. The molecule has 7 nitrogen and oxygen atoms in total. The van der Waals surface area contributed by atoms with Gasteiger partial charge in [0.1, 0.15) is 6.04 Å². The average Bonchev–Trinajstić information content (AvgIpc) is 3.65. The van der Waals surface area contributed by atoms with Crippen LogP contribution in [0.15, 0.2) is 48.5 Å². The van der Waals surface area contributed by atoms with Crippen molar-refractivity contribution >= 4 is 42.0 Å². The Morgan fingerprint density at radius 3 is 2.66 bits per heavy atom. The van der Waals surface area contributed by atoms with Gasteiger partial charge in [-0.25, -0.2) is 0 Å². The molecule has 10 heteroatoms. The van der Waals surface area contributed by atoms with Crippen LogP contribution in [0.1, 0.15) is 68.8 Å². The van der Waals surface area contributed by atoms with Gasteiger partial charge in [-0.3, -0.25) is 9.59 Å². The lowest BCUT2D eigenvalue weighted by atomic mass is 9.43. The molecule has 7 atom stereocenters. The number of benzene rings is 2. The first kappa shape index (κ1) is 32.0. The standard InChI is InChI=1S/C34H43BCl2N2O5/c1-33(2)22-15-30(33)34(3)31(16-22)43-35(44-34)23(14-21-8-5-4-6-9-21)17-29(40)28(20-42-19-25-10-7-13-38-25)39-32(41)26-18-24(36)11-12-27(26)37/h4-6,8-9,11-12,18,22-23,25,28,30-31,38H,7,10,13-17,19-20H2,1-3H3,(H,39,41)/t22-,23-,25-,28+,30+,31-,34+/m1/s1. The van der Waals surface area contributed by atoms with E-state index >= 15 is 0 Å². The topological polar surface area (TPSA) is 85.9 Å². The van der Waals surface area contributed by atoms with Crippen LogP contribution in [0.25, 0.3) is 0 Å². The second kappa shape index (κ2) is 13.1. The second-order valence-electron chi connectivity index (χ2n) is 13.9. The molecule has 2 aromatic carbocycles. The lowest BCUT2D eigenvalue weighted by Gasteiger charge is -2.64. The van der Waals surface area contributed by atoms with Gasteiger partial charge in [0.2, 0.25) is 0 Å². The molecule has 3 aliphatic carbocycles. The first-order chi connectivity index (χ1) is 21.0. The van der Waals surface area contributed by atoms with Gasteiger partial charge < -0.3 is 24.7 Å². The van der Waals surface area contributed by atoms with E-state index in [-0.39, 0.29) is 58.4 Å². The average molecular weight is 641 g/mol. The van der Waals surface area contributed by atoms with Crippen LogP contribution in [0, 0.1) is 17.3 Å². The fraction of sp³-hybridized carbons (Fsp3) is 0.588. The Morgan fingerprint density at radius 1 is 1.14 bits per heavy atom. The SMILES string of the molecule is CC1(C)[C@H]2C[C@H]3OB([C@@H](CC(=O)[C@H](COC[C@H]4CCCN4)NC(=O)c4cc(Cl)ccc4Cl)Cc4ccccc4)O[C@@]3(C)[C@H]1C2. The highest BCUT2D eigenvalue weighted by atomic mass is 35.5. The Balaban J connectivity index is 1.21. The molecule has 2 N–H and O–H groups in total. The van der Waals surface area contributed by atoms with Gasteiger partial charge in [-0.05, 0) is 86.6 Å². The van der Waals surface area contributed by atoms with E-state index in [4.69, 9.17) is 37.2 Å². The molecule has 1 amide bonds. The van der Waals surface area contributed by atoms with Crippen LogP contribution in [-0.4, -0.2) is 62.4 Å². The second-order valence-corrected chi connectivity index (χ2v) is 14.8. The molecular formula is C34H43BCl2N2O5. The number of carbonyl (C=O) groups excluding carboxylic acids is 2. The summed E-state index contributed by atoms with van der Waals surface area (Å²) < 4.78 is 19.6. The van der Waals surface area contributed by atoms with Crippen LogP contribution in [0.5, 0.6) is 0 Å². The Morgan fingerprint density at radius 2 is 1.93 bits per heavy atom. The number of ether oxygens (including phenoxy) is 1. The summed E-state index contributed by atoms with van der Waals surface area (Å²) in [5.74, 6) is 0.217. The normalized spacial score (nSPS) is 29.9. The zero-order valence-corrected chi connectivity index (χ0v) is 27.3. The van der Waals surface area contributed by atoms with Crippen molar-refractivity contribution in [3.05, 3.63) is 69.7 Å². The molecule has 2 aliphatic heterocycles. The molecule has 0 aromatic heterocycles. The van der Waals surface area contributed by atoms with Gasteiger partial charge >= 0.3 is 7.12 Å². The number of carbonyl (C=O) groups is 2. The van der Waals surface area contributed by atoms with Crippen molar-refractivity contribution in [2.45, 2.75) is 88.9 Å². The molecule has 44 heavy (non-hydrogen) atoms. The van der Waals surface area contributed by atoms with Gasteiger partial charge in [0, 0.05) is 23.3 Å². The van der Waals surface area contributed by atoms with E-state index in [9.17, 15) is 9.59 Å². The quantitative estimate of drug-likeness (QED) is 0.270. The predicted molar refractivity (Wildman–Crippen MR) is 173 cm³/mol. The predicted octanol–water partition coefficient (Wildman–Crippen LogP) is 6.16. The number of Topliss-reactive ketones (excluding diaryl/α,β-unsaturated/α-hetero) is 1. The Hall–Kier alpha value is -1.94. The molecular weight excluding hydrogens is 598 g/mol. The Labute approximate surface area is 271 Å². The largest absolute Gasteiger partial charge is 0.461 e. The maximum atomic E-state index is 14.1. The molecule has 0 radical (unpaired) electrons. The van der Waals surface area contributed by atoms with Crippen molar-refractivity contribution in [2.24, 2.45) is 17.3 Å². The molecule has 3 saturated carbocycles. The van der Waals surface area contributed by atoms with Crippen molar-refractivity contribution in [1.29, 1.82) is 0 Å². The number of hydrogen-bond donors (Lipinski definition) is 2. The minimum Gasteiger partial charge on any atom is -0.405 e. The molecule has 2 aromatic rings. The highest BCUT2D eigenvalue weighted by Gasteiger charge is 2.68. The fourth-order valence-corrected chi connectivity index (χ4v) is 8.41. The number of hydrogen-bond acceptors (Lipinski definition) is 6. The molecule has 236 valence electrons. The van der Waals surface area contributed by atoms with Crippen LogP contribution in [-0.2, 0) is 25.3 Å². The van der Waals surface area contributed by atoms with E-state index in [0.717, 1.165) is 37.8 Å². The van der Waals surface area contributed by atoms with Crippen molar-refractivity contribution in [2.75, 3.05) is 19.8 Å². The van der Waals surface area contributed by atoms with Gasteiger partial charge in [0.15, 0.2) is 5.78 Å². The smallest absolute Gasteiger partial charge is 0.405 e. The van der Waals surface area contributed by atoms with Gasteiger partial charge in [-0.15, -0.1) is 0 Å². The summed E-state index contributed by atoms with van der Waals surface area (Å²) in [7, 11) is -0.522. The summed E-state index contributed by atoms with van der Waals surface area (Å²) in [5.41, 5.74) is 1.17. The van der Waals surface area contributed by atoms with E-state index < -0.39 is 19.1 Å². The number of ketones is 1. The number of halogens is 2. The molecule has 2 saturated heterocycles. The third kappa shape index (κ3) is 6.49. The molecule has 5 aliphatic rings. The molecule has 0 spiro atoms. The zero-order chi connectivity index (χ0) is 31.1. The Bertz CT molecular complexity index is 1360. The van der Waals surface area contributed by atoms with E-state index in [0.29, 0.717) is 29.9 Å². The van der Waals surface area contributed by atoms with Crippen molar-refractivity contribution < 1.29 is 23.6 Å². The van der Waals surface area contributed by atoms with Crippen LogP contribution < -0.4 is 10.6 Å². The van der Waals surface area contributed by atoms with E-state index in [1.807, 2.05) is 18.2 Å². The zero-order valence-electron chi connectivity index (χ0n) is 25.8. The Kier molecular flexibility index (Phi) is 9.50. The van der Waals surface area contributed by atoms with Gasteiger partial charge in [0.25, 0.3) is 5.91 Å². The summed E-state index contributed by atoms with van der Waals surface area (Å²) >= 11 is 12.5. The third-order valence-electron chi connectivity index (χ3n) is 10.8. The van der Waals surface area contributed by atoms with Crippen molar-refractivity contribution in [3.8, 4) is 0 Å². The highest BCUT2D eigenvalue weighted by Crippen LogP contribution is 2.66. The van der Waals surface area contributed by atoms with Crippen molar-refractivity contribution in [1.82, 2.24) is 10.6 Å². The molecule has 5 fully saturated rings. The lowest BCUT2D eigenvalue weighted by Crippen LogP contribution is -2.65. The van der Waals surface area contributed by atoms with Crippen LogP contribution in [0.2, 0.25) is 15.9 Å². The number of amides is 1. The minimum atomic E-state index is -0.872. The summed E-state index contributed by atoms with van der Waals surface area (Å²) in [4.78, 5) is 27.5. The minimum absolute atomic E-state index is 0.0142. The maximum absolute atomic E-state index is 14.1. The highest BCUT2D eigenvalue weighted by molar-refractivity contribution is 6.48. The number of nitrogens with one attached hydrogen (secondary N) is 2. The van der Waals surface area contributed by atoms with Gasteiger partial charge in [0.05, 0.1) is 35.5 Å². The summed E-state index contributed by atoms with van der Waals surface area (Å²) in [6.07, 6.45) is 5.06. The maximum Gasteiger partial charge on any atom is 0.461 e. The fourth-order valence-electron chi connectivity index (χ4n) is 8.03. The first-order valence-electron chi connectivity index (χ1n) is 16.0. The molecule has 0 unspecified atom stereocenters. The monoisotopic (exact) mass is 640 g/mol. The van der Waals surface area contributed by atoms with Gasteiger partial charge in [-0.1, -0.05) is 67.4 Å². The first-order valence-corrected chi connectivity index (χ1v) is 16.8. The van der Waals surface area contributed by atoms with Crippen LogP contribution in [0.3, 0.4) is 0 Å². The lowest BCUT2D eigenvalue weighted by molar-refractivity contribution is -0.199. The summed E-state index contributed by atoms with van der Waals surface area (Å²) in [6.45, 7) is 8.37. The summed E-state index contributed by atoms with van der Waals surface area (Å²) in [6, 6.07) is 14.2. The molecule has 7 rings (SSSR count). The van der Waals surface area contributed by atoms with Crippen LogP contribution in [0.4, 0.5) is 0 Å². The van der Waals surface area contributed by atoms with Crippen molar-refractivity contribution in [3.63, 3.8) is 0 Å². The van der Waals surface area contributed by atoms with E-state index in [1.165, 1.54) is 6.07 Å².